The second kappa shape index (κ2) is 8.49. The van der Waals surface area contributed by atoms with Gasteiger partial charge in [0.2, 0.25) is 11.5 Å². The largest absolute Gasteiger partial charge is 0.428 e. The van der Waals surface area contributed by atoms with Crippen LogP contribution in [0.15, 0.2) is 42.5 Å². The highest BCUT2D eigenvalue weighted by Gasteiger charge is 2.59. The molecule has 4 nitrogen and oxygen atoms in total. The van der Waals surface area contributed by atoms with Crippen LogP contribution in [-0.2, 0) is 15.2 Å². The van der Waals surface area contributed by atoms with Gasteiger partial charge in [-0.1, -0.05) is 35.3 Å². The van der Waals surface area contributed by atoms with Crippen molar-refractivity contribution in [3.05, 3.63) is 69.2 Å². The average molecular weight is 499 g/mol. The molecule has 2 aromatic carbocycles. The van der Waals surface area contributed by atoms with E-state index >= 15 is 0 Å². The number of hydrogen-bond donors (Lipinski definition) is 2. The van der Waals surface area contributed by atoms with Gasteiger partial charge in [0.15, 0.2) is 0 Å². The number of carbonyl (C=O) groups is 1. The molecule has 1 atom stereocenters. The van der Waals surface area contributed by atoms with Crippen LogP contribution in [0, 0.1) is 6.92 Å². The summed E-state index contributed by atoms with van der Waals surface area (Å²) in [7, 11) is 0. The molecule has 0 saturated carbocycles. The van der Waals surface area contributed by atoms with Crippen LogP contribution < -0.4 is 10.8 Å². The Morgan fingerprint density at radius 2 is 1.69 bits per heavy atom. The molecule has 1 aliphatic heterocycles. The first-order chi connectivity index (χ1) is 14.7. The van der Waals surface area contributed by atoms with Gasteiger partial charge in [0, 0.05) is 26.9 Å². The van der Waals surface area contributed by atoms with Crippen LogP contribution in [0.5, 0.6) is 0 Å². The van der Waals surface area contributed by atoms with E-state index in [0.29, 0.717) is 5.56 Å². The van der Waals surface area contributed by atoms with Crippen molar-refractivity contribution >= 4 is 40.5 Å². The van der Waals surface area contributed by atoms with E-state index in [4.69, 9.17) is 28.0 Å². The zero-order chi connectivity index (χ0) is 23.9. The second-order valence-corrected chi connectivity index (χ2v) is 7.90. The van der Waals surface area contributed by atoms with Gasteiger partial charge in [0.1, 0.15) is 6.42 Å². The van der Waals surface area contributed by atoms with Gasteiger partial charge in [-0.05, 0) is 42.8 Å². The lowest BCUT2D eigenvalue weighted by Crippen LogP contribution is -2.42. The Labute approximate surface area is 188 Å². The molecule has 12 heteroatoms. The van der Waals surface area contributed by atoms with Crippen LogP contribution in [0.2, 0.25) is 10.0 Å². The quantitative estimate of drug-likeness (QED) is 0.471. The standard InChI is InChI=1S/C20H14Cl2F6N2O2/c1-10-2-3-11(4-15(10)29-17(31)9-19(23,24)25)16-8-18(32-30-16,20(26,27)28)12-5-13(21)7-14(22)6-12/h2-8,30H,9H2,1H3,(H,29,31). The molecule has 0 fully saturated rings. The van der Waals surface area contributed by atoms with E-state index in [9.17, 15) is 31.1 Å². The van der Waals surface area contributed by atoms with Crippen molar-refractivity contribution in [2.45, 2.75) is 31.3 Å². The normalized spacial score (nSPS) is 18.8. The van der Waals surface area contributed by atoms with E-state index in [1.807, 2.05) is 0 Å². The molecule has 32 heavy (non-hydrogen) atoms. The highest BCUT2D eigenvalue weighted by atomic mass is 35.5. The highest BCUT2D eigenvalue weighted by Crippen LogP contribution is 2.48. The summed E-state index contributed by atoms with van der Waals surface area (Å²) in [5.74, 6) is -1.31. The summed E-state index contributed by atoms with van der Waals surface area (Å²) in [5.41, 5.74) is -0.665. The fourth-order valence-electron chi connectivity index (χ4n) is 3.05. The smallest absolute Gasteiger partial charge is 0.326 e. The van der Waals surface area contributed by atoms with Crippen molar-refractivity contribution in [3.8, 4) is 0 Å². The van der Waals surface area contributed by atoms with Crippen molar-refractivity contribution < 1.29 is 36.0 Å². The predicted molar refractivity (Wildman–Crippen MR) is 107 cm³/mol. The van der Waals surface area contributed by atoms with Crippen molar-refractivity contribution in [3.63, 3.8) is 0 Å². The summed E-state index contributed by atoms with van der Waals surface area (Å²) in [6, 6.07) is 7.47. The van der Waals surface area contributed by atoms with Crippen molar-refractivity contribution in [1.29, 1.82) is 0 Å². The molecule has 0 aliphatic carbocycles. The number of hydroxylamine groups is 1. The number of carbonyl (C=O) groups excluding carboxylic acids is 1. The maximum absolute atomic E-state index is 14.1. The van der Waals surface area contributed by atoms with Crippen molar-refractivity contribution in [1.82, 2.24) is 5.48 Å². The summed E-state index contributed by atoms with van der Waals surface area (Å²) in [4.78, 5) is 16.6. The van der Waals surface area contributed by atoms with Crippen LogP contribution in [0.4, 0.5) is 32.0 Å². The molecule has 1 amide bonds. The molecule has 2 aromatic rings. The predicted octanol–water partition coefficient (Wildman–Crippen LogP) is 6.53. The molecule has 1 unspecified atom stereocenters. The topological polar surface area (TPSA) is 50.4 Å². The Bertz CT molecular complexity index is 1060. The number of hydrogen-bond acceptors (Lipinski definition) is 3. The fourth-order valence-corrected chi connectivity index (χ4v) is 3.58. The molecule has 0 radical (unpaired) electrons. The lowest BCUT2D eigenvalue weighted by atomic mass is 9.91. The van der Waals surface area contributed by atoms with Gasteiger partial charge >= 0.3 is 12.4 Å². The lowest BCUT2D eigenvalue weighted by molar-refractivity contribution is -0.269. The van der Waals surface area contributed by atoms with Gasteiger partial charge in [-0.2, -0.15) is 26.3 Å². The first-order valence-corrected chi connectivity index (χ1v) is 9.63. The van der Waals surface area contributed by atoms with Crippen LogP contribution >= 0.6 is 23.2 Å². The molecular weight excluding hydrogens is 485 g/mol. The van der Waals surface area contributed by atoms with E-state index < -0.39 is 30.3 Å². The molecule has 0 bridgehead atoms. The van der Waals surface area contributed by atoms with E-state index in [0.717, 1.165) is 18.2 Å². The van der Waals surface area contributed by atoms with E-state index in [1.54, 1.807) is 0 Å². The average Bonchev–Trinajstić information content (AvgIpc) is 3.08. The summed E-state index contributed by atoms with van der Waals surface area (Å²) < 4.78 is 79.5. The SMILES string of the molecule is Cc1ccc(C2=CC(c3cc(Cl)cc(Cl)c3)(C(F)(F)F)ON2)cc1NC(=O)CC(F)(F)F. The van der Waals surface area contributed by atoms with Crippen LogP contribution in [0.1, 0.15) is 23.1 Å². The number of anilines is 1. The Hall–Kier alpha value is -2.43. The van der Waals surface area contributed by atoms with Crippen molar-refractivity contribution in [2.24, 2.45) is 0 Å². The lowest BCUT2D eigenvalue weighted by Gasteiger charge is -2.28. The number of halogens is 8. The minimum absolute atomic E-state index is 0.00904. The van der Waals surface area contributed by atoms with Gasteiger partial charge in [0.25, 0.3) is 0 Å². The van der Waals surface area contributed by atoms with E-state index in [1.165, 1.54) is 31.2 Å². The third kappa shape index (κ3) is 5.13. The molecule has 1 aliphatic rings. The maximum atomic E-state index is 14.1. The number of nitrogens with one attached hydrogen (secondary N) is 2. The van der Waals surface area contributed by atoms with Crippen molar-refractivity contribution in [2.75, 3.05) is 5.32 Å². The van der Waals surface area contributed by atoms with Crippen LogP contribution in [0.3, 0.4) is 0 Å². The summed E-state index contributed by atoms with van der Waals surface area (Å²) in [6.45, 7) is 1.52. The summed E-state index contributed by atoms with van der Waals surface area (Å²) in [6.07, 6.45) is -10.6. The Balaban J connectivity index is 2.00. The molecule has 172 valence electrons. The number of amides is 1. The molecule has 0 saturated heterocycles. The molecular formula is C20H14Cl2F6N2O2. The highest BCUT2D eigenvalue weighted by molar-refractivity contribution is 6.34. The fraction of sp³-hybridized carbons (Fsp3) is 0.250. The first-order valence-electron chi connectivity index (χ1n) is 8.88. The molecule has 0 spiro atoms. The Kier molecular flexibility index (Phi) is 6.43. The van der Waals surface area contributed by atoms with Gasteiger partial charge < -0.3 is 5.32 Å². The zero-order valence-corrected chi connectivity index (χ0v) is 17.6. The molecule has 2 N–H and O–H groups in total. The Morgan fingerprint density at radius 1 is 1.06 bits per heavy atom. The van der Waals surface area contributed by atoms with Gasteiger partial charge in [-0.25, -0.2) is 0 Å². The number of rotatable bonds is 4. The third-order valence-electron chi connectivity index (χ3n) is 4.57. The number of benzene rings is 2. The van der Waals surface area contributed by atoms with Gasteiger partial charge in [0.05, 0.1) is 5.70 Å². The van der Waals surface area contributed by atoms with Gasteiger partial charge in [-0.3, -0.25) is 15.1 Å². The molecule has 3 rings (SSSR count). The van der Waals surface area contributed by atoms with E-state index in [-0.39, 0.29) is 32.6 Å². The summed E-state index contributed by atoms with van der Waals surface area (Å²) in [5, 5.41) is 2.05. The van der Waals surface area contributed by atoms with E-state index in [2.05, 4.69) is 10.8 Å². The minimum atomic E-state index is -4.93. The number of aryl methyl sites for hydroxylation is 1. The van der Waals surface area contributed by atoms with Gasteiger partial charge in [-0.15, -0.1) is 0 Å². The number of alkyl halides is 6. The maximum Gasteiger partial charge on any atom is 0.428 e. The third-order valence-corrected chi connectivity index (χ3v) is 5.00. The molecule has 0 aromatic heterocycles. The first kappa shape index (κ1) is 24.2. The minimum Gasteiger partial charge on any atom is -0.326 e. The second-order valence-electron chi connectivity index (χ2n) is 7.02. The zero-order valence-electron chi connectivity index (χ0n) is 16.1. The summed E-state index contributed by atoms with van der Waals surface area (Å²) >= 11 is 11.7. The van der Waals surface area contributed by atoms with Crippen LogP contribution in [0.25, 0.3) is 5.70 Å². The molecule has 1 heterocycles. The Morgan fingerprint density at radius 3 is 2.25 bits per heavy atom. The van der Waals surface area contributed by atoms with Crippen LogP contribution in [-0.4, -0.2) is 18.3 Å². The monoisotopic (exact) mass is 498 g/mol.